The molecule has 26 heavy (non-hydrogen) atoms. The normalized spacial score (nSPS) is 16.0. The van der Waals surface area contributed by atoms with E-state index in [2.05, 4.69) is 15.0 Å². The quantitative estimate of drug-likeness (QED) is 0.618. The summed E-state index contributed by atoms with van der Waals surface area (Å²) in [7, 11) is 0. The molecule has 1 atom stereocenters. The molecular weight excluding hydrogens is 368 g/mol. The first-order chi connectivity index (χ1) is 12.6. The van der Waals surface area contributed by atoms with Gasteiger partial charge in [0.2, 0.25) is 5.91 Å². The number of amides is 1. The predicted molar refractivity (Wildman–Crippen MR) is 103 cm³/mol. The minimum absolute atomic E-state index is 0.00313. The first kappa shape index (κ1) is 18.6. The zero-order valence-corrected chi connectivity index (χ0v) is 16.1. The van der Waals surface area contributed by atoms with Gasteiger partial charge in [-0.25, -0.2) is 15.0 Å². The lowest BCUT2D eigenvalue weighted by atomic mass is 9.94. The molecule has 2 aromatic rings. The number of rotatable bonds is 5. The topological polar surface area (TPSA) is 109 Å². The van der Waals surface area contributed by atoms with Crippen LogP contribution in [-0.2, 0) is 4.79 Å². The molecule has 1 saturated carbocycles. The van der Waals surface area contributed by atoms with Crippen LogP contribution in [0.2, 0.25) is 0 Å². The van der Waals surface area contributed by atoms with E-state index in [1.54, 1.807) is 6.20 Å². The zero-order valence-electron chi connectivity index (χ0n) is 14.5. The van der Waals surface area contributed by atoms with Crippen molar-refractivity contribution in [2.75, 3.05) is 10.6 Å². The van der Waals surface area contributed by atoms with Gasteiger partial charge in [-0.1, -0.05) is 31.0 Å². The molecule has 0 bridgehead atoms. The van der Waals surface area contributed by atoms with Gasteiger partial charge >= 0.3 is 0 Å². The van der Waals surface area contributed by atoms with Crippen molar-refractivity contribution in [2.45, 2.75) is 55.5 Å². The van der Waals surface area contributed by atoms with Crippen molar-refractivity contribution in [3.63, 3.8) is 0 Å². The Morgan fingerprint density at radius 3 is 2.81 bits per heavy atom. The van der Waals surface area contributed by atoms with Crippen LogP contribution in [0.15, 0.2) is 22.9 Å². The van der Waals surface area contributed by atoms with Crippen molar-refractivity contribution in [3.05, 3.63) is 23.3 Å². The Kier molecular flexibility index (Phi) is 6.06. The molecule has 136 valence electrons. The molecule has 1 amide bonds. The van der Waals surface area contributed by atoms with E-state index in [0.29, 0.717) is 5.16 Å². The van der Waals surface area contributed by atoms with Gasteiger partial charge in [-0.05, 0) is 19.8 Å². The second-order valence-corrected chi connectivity index (χ2v) is 8.32. The molecule has 0 aliphatic heterocycles. The van der Waals surface area contributed by atoms with Gasteiger partial charge in [0.05, 0.1) is 11.4 Å². The largest absolute Gasteiger partial charge is 0.382 e. The molecular formula is C17H20N6OS2. The standard InChI is InChI=1S/C17H20N6OS2/c1-11(26-16-21-10-12(9-18)14(19)22-16)15(24)23(17-20-7-8-25-17)13-5-3-2-4-6-13/h7-8,10-11,13H,2-6H2,1H3,(H2,19,21,22)/t11-/m0/s1. The minimum Gasteiger partial charge on any atom is -0.382 e. The van der Waals surface area contributed by atoms with Crippen LogP contribution in [0.3, 0.4) is 0 Å². The average Bonchev–Trinajstić information content (AvgIpc) is 3.17. The third-order valence-corrected chi connectivity index (χ3v) is 6.08. The van der Waals surface area contributed by atoms with E-state index in [4.69, 9.17) is 11.0 Å². The smallest absolute Gasteiger partial charge is 0.242 e. The Balaban J connectivity index is 1.77. The summed E-state index contributed by atoms with van der Waals surface area (Å²) >= 11 is 2.73. The molecule has 9 heteroatoms. The van der Waals surface area contributed by atoms with Crippen LogP contribution in [0.4, 0.5) is 10.9 Å². The van der Waals surface area contributed by atoms with Crippen molar-refractivity contribution in [1.82, 2.24) is 15.0 Å². The number of nitrogen functional groups attached to an aromatic ring is 1. The Labute approximate surface area is 160 Å². The summed E-state index contributed by atoms with van der Waals surface area (Å²) in [4.78, 5) is 27.7. The second-order valence-electron chi connectivity index (χ2n) is 6.14. The van der Waals surface area contributed by atoms with Gasteiger partial charge in [0.25, 0.3) is 0 Å². The van der Waals surface area contributed by atoms with Crippen LogP contribution >= 0.6 is 23.1 Å². The molecule has 3 rings (SSSR count). The summed E-state index contributed by atoms with van der Waals surface area (Å²) in [5, 5.41) is 11.6. The van der Waals surface area contributed by atoms with E-state index in [-0.39, 0.29) is 28.6 Å². The number of thioether (sulfide) groups is 1. The fourth-order valence-electron chi connectivity index (χ4n) is 3.03. The molecule has 0 unspecified atom stereocenters. The number of nitriles is 1. The molecule has 0 radical (unpaired) electrons. The molecule has 0 saturated heterocycles. The van der Waals surface area contributed by atoms with Crippen LogP contribution in [0, 0.1) is 11.3 Å². The van der Waals surface area contributed by atoms with Gasteiger partial charge in [-0.2, -0.15) is 5.26 Å². The lowest BCUT2D eigenvalue weighted by Crippen LogP contribution is -2.45. The maximum Gasteiger partial charge on any atom is 0.242 e. The van der Waals surface area contributed by atoms with E-state index < -0.39 is 0 Å². The number of hydrogen-bond acceptors (Lipinski definition) is 8. The highest BCUT2D eigenvalue weighted by molar-refractivity contribution is 8.00. The molecule has 0 aromatic carbocycles. The third kappa shape index (κ3) is 4.14. The maximum atomic E-state index is 13.2. The minimum atomic E-state index is -0.381. The SMILES string of the molecule is C[C@H](Sc1ncc(C#N)c(N)n1)C(=O)N(c1nccs1)C1CCCCC1. The lowest BCUT2D eigenvalue weighted by Gasteiger charge is -2.33. The summed E-state index contributed by atoms with van der Waals surface area (Å²) in [5.74, 6) is 0.136. The molecule has 2 heterocycles. The summed E-state index contributed by atoms with van der Waals surface area (Å²) in [6.07, 6.45) is 8.62. The van der Waals surface area contributed by atoms with Gasteiger partial charge in [-0.15, -0.1) is 11.3 Å². The van der Waals surface area contributed by atoms with Crippen molar-refractivity contribution < 1.29 is 4.79 Å². The highest BCUT2D eigenvalue weighted by Gasteiger charge is 2.32. The number of anilines is 2. The molecule has 2 aromatic heterocycles. The highest BCUT2D eigenvalue weighted by atomic mass is 32.2. The van der Waals surface area contributed by atoms with Crippen LogP contribution in [0.25, 0.3) is 0 Å². The number of carbonyl (C=O) groups is 1. The molecule has 1 aliphatic rings. The Morgan fingerprint density at radius 1 is 1.42 bits per heavy atom. The van der Waals surface area contributed by atoms with Gasteiger partial charge in [0.1, 0.15) is 17.5 Å². The molecule has 0 spiro atoms. The fourth-order valence-corrected chi connectivity index (χ4v) is 4.54. The van der Waals surface area contributed by atoms with Crippen molar-refractivity contribution in [3.8, 4) is 6.07 Å². The van der Waals surface area contributed by atoms with Gasteiger partial charge in [-0.3, -0.25) is 9.69 Å². The lowest BCUT2D eigenvalue weighted by molar-refractivity contribution is -0.118. The van der Waals surface area contributed by atoms with Crippen LogP contribution in [-0.4, -0.2) is 32.2 Å². The van der Waals surface area contributed by atoms with Crippen molar-refractivity contribution >= 4 is 40.0 Å². The summed E-state index contributed by atoms with van der Waals surface area (Å²) in [6.45, 7) is 1.84. The number of carbonyl (C=O) groups excluding carboxylic acids is 1. The van der Waals surface area contributed by atoms with E-state index in [1.807, 2.05) is 23.3 Å². The first-order valence-corrected chi connectivity index (χ1v) is 10.3. The predicted octanol–water partition coefficient (Wildman–Crippen LogP) is 3.23. The van der Waals surface area contributed by atoms with E-state index in [0.717, 1.165) is 30.8 Å². The number of nitrogens with zero attached hydrogens (tertiary/aromatic N) is 5. The van der Waals surface area contributed by atoms with Crippen LogP contribution < -0.4 is 10.6 Å². The first-order valence-electron chi connectivity index (χ1n) is 8.52. The monoisotopic (exact) mass is 388 g/mol. The fraction of sp³-hybridized carbons (Fsp3) is 0.471. The van der Waals surface area contributed by atoms with Crippen molar-refractivity contribution in [2.24, 2.45) is 0 Å². The maximum absolute atomic E-state index is 13.2. The summed E-state index contributed by atoms with van der Waals surface area (Å²) in [5.41, 5.74) is 5.98. The zero-order chi connectivity index (χ0) is 18.5. The average molecular weight is 389 g/mol. The van der Waals surface area contributed by atoms with Crippen molar-refractivity contribution in [1.29, 1.82) is 5.26 Å². The van der Waals surface area contributed by atoms with Gasteiger partial charge in [0, 0.05) is 17.6 Å². The van der Waals surface area contributed by atoms with E-state index in [1.165, 1.54) is 35.7 Å². The van der Waals surface area contributed by atoms with Gasteiger partial charge < -0.3 is 5.73 Å². The Bertz CT molecular complexity index is 798. The molecule has 1 fully saturated rings. The third-order valence-electron chi connectivity index (χ3n) is 4.35. The van der Waals surface area contributed by atoms with E-state index >= 15 is 0 Å². The molecule has 7 nitrogen and oxygen atoms in total. The van der Waals surface area contributed by atoms with Crippen LogP contribution in [0.1, 0.15) is 44.6 Å². The Morgan fingerprint density at radius 2 is 2.19 bits per heavy atom. The highest BCUT2D eigenvalue weighted by Crippen LogP contribution is 2.32. The molecule has 1 aliphatic carbocycles. The Hall–Kier alpha value is -2.18. The number of nitrogens with two attached hydrogens (primary N) is 1. The molecule has 2 N–H and O–H groups in total. The number of thiazole rings is 1. The summed E-state index contributed by atoms with van der Waals surface area (Å²) in [6, 6.07) is 2.13. The van der Waals surface area contributed by atoms with Gasteiger partial charge in [0.15, 0.2) is 10.3 Å². The van der Waals surface area contributed by atoms with E-state index in [9.17, 15) is 4.79 Å². The summed E-state index contributed by atoms with van der Waals surface area (Å²) < 4.78 is 0. The number of hydrogen-bond donors (Lipinski definition) is 1. The van der Waals surface area contributed by atoms with Crippen LogP contribution in [0.5, 0.6) is 0 Å². The second kappa shape index (κ2) is 8.47. The number of aromatic nitrogens is 3.